The van der Waals surface area contributed by atoms with E-state index >= 15 is 0 Å². The maximum atomic E-state index is 12.9. The number of halogens is 1. The molecule has 1 atom stereocenters. The molecule has 17 heavy (non-hydrogen) atoms. The van der Waals surface area contributed by atoms with E-state index in [1.54, 1.807) is 12.1 Å². The summed E-state index contributed by atoms with van der Waals surface area (Å²) in [6, 6.07) is 8.58. The van der Waals surface area contributed by atoms with Gasteiger partial charge in [-0.05, 0) is 44.7 Å². The van der Waals surface area contributed by atoms with E-state index in [0.29, 0.717) is 0 Å². The molecule has 3 heteroatoms. The SMILES string of the molecule is CNC(c1ccc(F)cc1)c1cc(C)oc1C. The molecule has 1 aromatic heterocycles. The number of hydrogen-bond acceptors (Lipinski definition) is 2. The molecule has 2 aromatic rings. The molecule has 90 valence electrons. The van der Waals surface area contributed by atoms with Crippen molar-refractivity contribution in [2.45, 2.75) is 19.9 Å². The molecule has 2 rings (SSSR count). The monoisotopic (exact) mass is 233 g/mol. The summed E-state index contributed by atoms with van der Waals surface area (Å²) in [6.07, 6.45) is 0. The van der Waals surface area contributed by atoms with Crippen LogP contribution in [-0.2, 0) is 0 Å². The first-order valence-electron chi connectivity index (χ1n) is 5.61. The zero-order valence-electron chi connectivity index (χ0n) is 10.3. The molecule has 0 bridgehead atoms. The lowest BCUT2D eigenvalue weighted by Crippen LogP contribution is -2.17. The van der Waals surface area contributed by atoms with E-state index < -0.39 is 0 Å². The van der Waals surface area contributed by atoms with Crippen LogP contribution in [0, 0.1) is 19.7 Å². The highest BCUT2D eigenvalue weighted by Crippen LogP contribution is 2.27. The minimum absolute atomic E-state index is 0.0352. The third-order valence-electron chi connectivity index (χ3n) is 2.88. The van der Waals surface area contributed by atoms with Crippen LogP contribution in [-0.4, -0.2) is 7.05 Å². The Bertz CT molecular complexity index is 501. The van der Waals surface area contributed by atoms with Gasteiger partial charge in [0.2, 0.25) is 0 Å². The standard InChI is InChI=1S/C14H16FNO/c1-9-8-13(10(2)17-9)14(16-3)11-4-6-12(15)7-5-11/h4-8,14,16H,1-3H3. The number of benzene rings is 1. The van der Waals surface area contributed by atoms with Gasteiger partial charge in [-0.15, -0.1) is 0 Å². The Morgan fingerprint density at radius 2 is 1.82 bits per heavy atom. The summed E-state index contributed by atoms with van der Waals surface area (Å²) < 4.78 is 18.4. The van der Waals surface area contributed by atoms with Gasteiger partial charge in [-0.1, -0.05) is 12.1 Å². The second kappa shape index (κ2) is 4.72. The van der Waals surface area contributed by atoms with Crippen molar-refractivity contribution in [1.29, 1.82) is 0 Å². The molecule has 1 unspecified atom stereocenters. The fourth-order valence-electron chi connectivity index (χ4n) is 2.09. The second-order valence-corrected chi connectivity index (χ2v) is 4.14. The zero-order chi connectivity index (χ0) is 12.4. The van der Waals surface area contributed by atoms with E-state index in [-0.39, 0.29) is 11.9 Å². The highest BCUT2D eigenvalue weighted by atomic mass is 19.1. The summed E-state index contributed by atoms with van der Waals surface area (Å²) in [5, 5.41) is 3.23. The third kappa shape index (κ3) is 2.39. The second-order valence-electron chi connectivity index (χ2n) is 4.14. The molecule has 0 aliphatic rings. The van der Waals surface area contributed by atoms with E-state index in [1.165, 1.54) is 12.1 Å². The number of hydrogen-bond donors (Lipinski definition) is 1. The molecule has 1 aromatic carbocycles. The Hall–Kier alpha value is -1.61. The molecule has 0 aliphatic carbocycles. The maximum absolute atomic E-state index is 12.9. The lowest BCUT2D eigenvalue weighted by Gasteiger charge is -2.15. The summed E-state index contributed by atoms with van der Waals surface area (Å²) >= 11 is 0. The van der Waals surface area contributed by atoms with E-state index in [2.05, 4.69) is 5.32 Å². The van der Waals surface area contributed by atoms with Gasteiger partial charge in [-0.3, -0.25) is 0 Å². The summed E-state index contributed by atoms with van der Waals surface area (Å²) in [4.78, 5) is 0. The average molecular weight is 233 g/mol. The van der Waals surface area contributed by atoms with E-state index in [4.69, 9.17) is 4.42 Å². The van der Waals surface area contributed by atoms with Gasteiger partial charge in [0.25, 0.3) is 0 Å². The van der Waals surface area contributed by atoms with E-state index in [1.807, 2.05) is 27.0 Å². The fourth-order valence-corrected chi connectivity index (χ4v) is 2.09. The number of furan rings is 1. The molecule has 0 spiro atoms. The molecule has 0 saturated heterocycles. The van der Waals surface area contributed by atoms with Gasteiger partial charge in [0.05, 0.1) is 6.04 Å². The van der Waals surface area contributed by atoms with Crippen LogP contribution in [0.2, 0.25) is 0 Å². The lowest BCUT2D eigenvalue weighted by molar-refractivity contribution is 0.497. The first kappa shape index (κ1) is 11.9. The van der Waals surface area contributed by atoms with Gasteiger partial charge < -0.3 is 9.73 Å². The number of rotatable bonds is 3. The van der Waals surface area contributed by atoms with E-state index in [9.17, 15) is 4.39 Å². The third-order valence-corrected chi connectivity index (χ3v) is 2.88. The highest BCUT2D eigenvalue weighted by molar-refractivity contribution is 5.34. The van der Waals surface area contributed by atoms with Crippen LogP contribution in [0.15, 0.2) is 34.7 Å². The summed E-state index contributed by atoms with van der Waals surface area (Å²) in [7, 11) is 1.88. The van der Waals surface area contributed by atoms with Crippen LogP contribution in [0.4, 0.5) is 4.39 Å². The van der Waals surface area contributed by atoms with Crippen LogP contribution < -0.4 is 5.32 Å². The van der Waals surface area contributed by atoms with Gasteiger partial charge in [0.15, 0.2) is 0 Å². The largest absolute Gasteiger partial charge is 0.466 e. The van der Waals surface area contributed by atoms with Crippen molar-refractivity contribution in [3.8, 4) is 0 Å². The van der Waals surface area contributed by atoms with Crippen LogP contribution in [0.3, 0.4) is 0 Å². The van der Waals surface area contributed by atoms with E-state index in [0.717, 1.165) is 22.6 Å². The summed E-state index contributed by atoms with van der Waals surface area (Å²) in [5.41, 5.74) is 2.12. The van der Waals surface area contributed by atoms with Crippen LogP contribution in [0.1, 0.15) is 28.7 Å². The molecule has 0 amide bonds. The smallest absolute Gasteiger partial charge is 0.123 e. The minimum atomic E-state index is -0.219. The van der Waals surface area contributed by atoms with Crippen LogP contribution >= 0.6 is 0 Å². The molecule has 0 aliphatic heterocycles. The molecular formula is C14H16FNO. The molecule has 1 heterocycles. The average Bonchev–Trinajstić information content (AvgIpc) is 2.62. The van der Waals surface area contributed by atoms with Crippen molar-refractivity contribution in [1.82, 2.24) is 5.32 Å². The normalized spacial score (nSPS) is 12.7. The number of nitrogens with one attached hydrogen (secondary N) is 1. The number of aryl methyl sites for hydroxylation is 2. The Balaban J connectivity index is 2.39. The van der Waals surface area contributed by atoms with Crippen molar-refractivity contribution in [3.63, 3.8) is 0 Å². The molecule has 2 nitrogen and oxygen atoms in total. The molecule has 1 N–H and O–H groups in total. The Morgan fingerprint density at radius 1 is 1.18 bits per heavy atom. The van der Waals surface area contributed by atoms with Crippen molar-refractivity contribution < 1.29 is 8.81 Å². The van der Waals surface area contributed by atoms with Crippen LogP contribution in [0.5, 0.6) is 0 Å². The van der Waals surface area contributed by atoms with Crippen molar-refractivity contribution in [2.24, 2.45) is 0 Å². The highest BCUT2D eigenvalue weighted by Gasteiger charge is 2.17. The molecule has 0 fully saturated rings. The van der Waals surface area contributed by atoms with Gasteiger partial charge >= 0.3 is 0 Å². The molecule has 0 saturated carbocycles. The predicted molar refractivity (Wildman–Crippen MR) is 65.5 cm³/mol. The van der Waals surface area contributed by atoms with Gasteiger partial charge in [-0.2, -0.15) is 0 Å². The quantitative estimate of drug-likeness (QED) is 0.879. The Morgan fingerprint density at radius 3 is 2.29 bits per heavy atom. The first-order valence-corrected chi connectivity index (χ1v) is 5.61. The summed E-state index contributed by atoms with van der Waals surface area (Å²) in [6.45, 7) is 3.87. The topological polar surface area (TPSA) is 25.2 Å². The molecular weight excluding hydrogens is 217 g/mol. The summed E-state index contributed by atoms with van der Waals surface area (Å²) in [5.74, 6) is 1.56. The van der Waals surface area contributed by atoms with Crippen molar-refractivity contribution in [3.05, 3.63) is 58.8 Å². The Kier molecular flexibility index (Phi) is 3.29. The molecule has 0 radical (unpaired) electrons. The van der Waals surface area contributed by atoms with Gasteiger partial charge in [0, 0.05) is 5.56 Å². The first-order chi connectivity index (χ1) is 8.11. The lowest BCUT2D eigenvalue weighted by atomic mass is 9.99. The van der Waals surface area contributed by atoms with Gasteiger partial charge in [0.1, 0.15) is 17.3 Å². The van der Waals surface area contributed by atoms with Crippen molar-refractivity contribution in [2.75, 3.05) is 7.05 Å². The van der Waals surface area contributed by atoms with Gasteiger partial charge in [-0.25, -0.2) is 4.39 Å². The Labute approximate surface area is 100 Å². The van der Waals surface area contributed by atoms with Crippen LogP contribution in [0.25, 0.3) is 0 Å². The van der Waals surface area contributed by atoms with Crippen molar-refractivity contribution >= 4 is 0 Å². The predicted octanol–water partition coefficient (Wildman–Crippen LogP) is 3.34. The minimum Gasteiger partial charge on any atom is -0.466 e. The maximum Gasteiger partial charge on any atom is 0.123 e. The fraction of sp³-hybridized carbons (Fsp3) is 0.286. The zero-order valence-corrected chi connectivity index (χ0v) is 10.3.